The number of hydrogen-bond donors (Lipinski definition) is 1. The van der Waals surface area contributed by atoms with Gasteiger partial charge in [0.15, 0.2) is 11.5 Å². The fourth-order valence-electron chi connectivity index (χ4n) is 2.17. The summed E-state index contributed by atoms with van der Waals surface area (Å²) < 4.78 is 10.6. The lowest BCUT2D eigenvalue weighted by Gasteiger charge is -2.27. The quantitative estimate of drug-likeness (QED) is 0.867. The maximum atomic E-state index is 9.21. The molecule has 0 saturated carbocycles. The minimum absolute atomic E-state index is 0.0823. The Hall–Kier alpha value is -3.17. The average Bonchev–Trinajstić information content (AvgIpc) is 2.47. The van der Waals surface area contributed by atoms with E-state index in [9.17, 15) is 5.26 Å². The van der Waals surface area contributed by atoms with Crippen LogP contribution in [0.15, 0.2) is 29.7 Å². The van der Waals surface area contributed by atoms with Crippen molar-refractivity contribution in [3.05, 3.63) is 35.2 Å². The smallest absolute Gasteiger partial charge is 0.205 e. The number of allylic oxidation sites excluding steroid dienone is 1. The number of para-hydroxylation sites is 1. The van der Waals surface area contributed by atoms with Crippen molar-refractivity contribution in [2.45, 2.75) is 5.92 Å². The van der Waals surface area contributed by atoms with Crippen LogP contribution in [-0.4, -0.2) is 7.11 Å². The molecule has 20 heavy (non-hydrogen) atoms. The third-order valence-corrected chi connectivity index (χ3v) is 3.08. The van der Waals surface area contributed by atoms with E-state index in [0.29, 0.717) is 17.1 Å². The van der Waals surface area contributed by atoms with E-state index in [2.05, 4.69) is 0 Å². The van der Waals surface area contributed by atoms with Gasteiger partial charge in [0.1, 0.15) is 12.0 Å². The van der Waals surface area contributed by atoms with Crippen LogP contribution in [0, 0.1) is 39.9 Å². The Balaban J connectivity index is 2.70. The summed E-state index contributed by atoms with van der Waals surface area (Å²) >= 11 is 0. The van der Waals surface area contributed by atoms with Crippen molar-refractivity contribution >= 4 is 0 Å². The van der Waals surface area contributed by atoms with Crippen LogP contribution < -0.4 is 15.2 Å². The van der Waals surface area contributed by atoms with E-state index in [1.165, 1.54) is 7.11 Å². The van der Waals surface area contributed by atoms with E-state index >= 15 is 0 Å². The molecule has 1 aliphatic heterocycles. The van der Waals surface area contributed by atoms with Gasteiger partial charge in [0, 0.05) is 5.56 Å². The van der Waals surface area contributed by atoms with E-state index in [4.69, 9.17) is 25.7 Å². The summed E-state index contributed by atoms with van der Waals surface area (Å²) in [5, 5.41) is 27.4. The molecule has 98 valence electrons. The molecule has 6 heteroatoms. The van der Waals surface area contributed by atoms with E-state index in [1.54, 1.807) is 18.2 Å². The van der Waals surface area contributed by atoms with Gasteiger partial charge in [0.2, 0.25) is 5.88 Å². The number of hydrogen-bond acceptors (Lipinski definition) is 6. The van der Waals surface area contributed by atoms with E-state index in [1.807, 2.05) is 18.2 Å². The lowest BCUT2D eigenvalue weighted by molar-refractivity contribution is 0.339. The highest BCUT2D eigenvalue weighted by Crippen LogP contribution is 2.46. The summed E-state index contributed by atoms with van der Waals surface area (Å²) in [6, 6.07) is 10.8. The molecule has 0 aliphatic carbocycles. The third-order valence-electron chi connectivity index (χ3n) is 3.08. The van der Waals surface area contributed by atoms with Gasteiger partial charge in [-0.05, 0) is 6.07 Å². The number of rotatable bonds is 2. The van der Waals surface area contributed by atoms with Gasteiger partial charge >= 0.3 is 0 Å². The second kappa shape index (κ2) is 5.22. The third kappa shape index (κ3) is 1.88. The maximum Gasteiger partial charge on any atom is 0.205 e. The first-order chi connectivity index (χ1) is 9.67. The Morgan fingerprint density at radius 3 is 2.55 bits per heavy atom. The molecule has 2 rings (SSSR count). The molecule has 1 unspecified atom stereocenters. The van der Waals surface area contributed by atoms with Crippen LogP contribution in [0.4, 0.5) is 0 Å². The first kappa shape index (κ1) is 13.3. The summed E-state index contributed by atoms with van der Waals surface area (Å²) in [6.45, 7) is 0. The zero-order chi connectivity index (χ0) is 14.7. The van der Waals surface area contributed by atoms with Crippen molar-refractivity contribution in [1.29, 1.82) is 15.8 Å². The molecular formula is C14H10N4O2. The van der Waals surface area contributed by atoms with Crippen LogP contribution in [0.3, 0.4) is 0 Å². The number of ether oxygens (including phenoxy) is 2. The molecule has 1 heterocycles. The standard InChI is InChI=1S/C14H10N4O2/c1-19-11-4-2-3-9-12(8(5-15)6-16)10(7-17)14(18)20-13(9)11/h2-4,8,12H,18H2,1H3. The summed E-state index contributed by atoms with van der Waals surface area (Å²) in [5.41, 5.74) is 6.35. The van der Waals surface area contributed by atoms with Crippen LogP contribution in [0.2, 0.25) is 0 Å². The maximum absolute atomic E-state index is 9.21. The highest BCUT2D eigenvalue weighted by atomic mass is 16.5. The van der Waals surface area contributed by atoms with Crippen LogP contribution in [-0.2, 0) is 0 Å². The van der Waals surface area contributed by atoms with E-state index < -0.39 is 11.8 Å². The molecule has 1 aliphatic rings. The molecule has 1 aromatic carbocycles. The van der Waals surface area contributed by atoms with Gasteiger partial charge in [-0.2, -0.15) is 15.8 Å². The molecule has 0 aromatic heterocycles. The van der Waals surface area contributed by atoms with Gasteiger partial charge in [-0.15, -0.1) is 0 Å². The predicted molar refractivity (Wildman–Crippen MR) is 67.9 cm³/mol. The number of benzene rings is 1. The van der Waals surface area contributed by atoms with Crippen LogP contribution in [0.1, 0.15) is 11.5 Å². The summed E-state index contributed by atoms with van der Waals surface area (Å²) in [7, 11) is 1.47. The van der Waals surface area contributed by atoms with Gasteiger partial charge in [-0.25, -0.2) is 0 Å². The summed E-state index contributed by atoms with van der Waals surface area (Å²) in [4.78, 5) is 0. The first-order valence-corrected chi connectivity index (χ1v) is 5.71. The predicted octanol–water partition coefficient (Wildman–Crippen LogP) is 1.53. The number of fused-ring (bicyclic) bond motifs is 1. The lowest BCUT2D eigenvalue weighted by Crippen LogP contribution is -2.24. The molecule has 6 nitrogen and oxygen atoms in total. The topological polar surface area (TPSA) is 116 Å². The Morgan fingerprint density at radius 1 is 1.30 bits per heavy atom. The largest absolute Gasteiger partial charge is 0.493 e. The molecule has 1 aromatic rings. The fraction of sp³-hybridized carbons (Fsp3) is 0.214. The van der Waals surface area contributed by atoms with Gasteiger partial charge in [0.05, 0.1) is 30.7 Å². The molecule has 0 spiro atoms. The van der Waals surface area contributed by atoms with Crippen LogP contribution in [0.5, 0.6) is 11.5 Å². The minimum atomic E-state index is -1.03. The highest BCUT2D eigenvalue weighted by Gasteiger charge is 2.36. The normalized spacial score (nSPS) is 16.4. The van der Waals surface area contributed by atoms with Gasteiger partial charge in [-0.1, -0.05) is 12.1 Å². The van der Waals surface area contributed by atoms with Crippen LogP contribution >= 0.6 is 0 Å². The Labute approximate surface area is 115 Å². The number of methoxy groups -OCH3 is 1. The zero-order valence-corrected chi connectivity index (χ0v) is 10.6. The molecule has 0 saturated heterocycles. The highest BCUT2D eigenvalue weighted by molar-refractivity contribution is 5.57. The number of nitriles is 3. The van der Waals surface area contributed by atoms with E-state index in [-0.39, 0.29) is 11.5 Å². The van der Waals surface area contributed by atoms with Gasteiger partial charge < -0.3 is 15.2 Å². The van der Waals surface area contributed by atoms with Crippen molar-refractivity contribution in [1.82, 2.24) is 0 Å². The summed E-state index contributed by atoms with van der Waals surface area (Å²) in [5.74, 6) is -1.11. The first-order valence-electron chi connectivity index (χ1n) is 5.71. The molecule has 0 amide bonds. The lowest BCUT2D eigenvalue weighted by atomic mass is 9.80. The number of nitrogens with two attached hydrogens (primary N) is 1. The van der Waals surface area contributed by atoms with E-state index in [0.717, 1.165) is 0 Å². The van der Waals surface area contributed by atoms with Crippen LogP contribution in [0.25, 0.3) is 0 Å². The fourth-order valence-corrected chi connectivity index (χ4v) is 2.17. The van der Waals surface area contributed by atoms with Crippen molar-refractivity contribution in [2.24, 2.45) is 11.7 Å². The zero-order valence-electron chi connectivity index (χ0n) is 10.6. The van der Waals surface area contributed by atoms with Gasteiger partial charge in [0.25, 0.3) is 0 Å². The minimum Gasteiger partial charge on any atom is -0.493 e. The monoisotopic (exact) mass is 266 g/mol. The molecular weight excluding hydrogens is 256 g/mol. The molecule has 2 N–H and O–H groups in total. The van der Waals surface area contributed by atoms with Gasteiger partial charge in [-0.3, -0.25) is 0 Å². The Bertz CT molecular complexity index is 689. The molecule has 1 atom stereocenters. The molecule has 0 bridgehead atoms. The molecule has 0 radical (unpaired) electrons. The summed E-state index contributed by atoms with van der Waals surface area (Å²) in [6.07, 6.45) is 0. The number of nitrogens with zero attached hydrogens (tertiary/aromatic N) is 3. The Morgan fingerprint density at radius 2 is 2.00 bits per heavy atom. The van der Waals surface area contributed by atoms with Crippen molar-refractivity contribution in [3.63, 3.8) is 0 Å². The average molecular weight is 266 g/mol. The molecule has 0 fully saturated rings. The second-order valence-electron chi connectivity index (χ2n) is 4.08. The second-order valence-corrected chi connectivity index (χ2v) is 4.08. The van der Waals surface area contributed by atoms with Crippen molar-refractivity contribution in [3.8, 4) is 29.7 Å². The van der Waals surface area contributed by atoms with Crippen molar-refractivity contribution in [2.75, 3.05) is 7.11 Å². The SMILES string of the molecule is COc1cccc2c1OC(N)=C(C#N)C2C(C#N)C#N. The Kier molecular flexibility index (Phi) is 3.46. The van der Waals surface area contributed by atoms with Crippen molar-refractivity contribution < 1.29 is 9.47 Å².